The summed E-state index contributed by atoms with van der Waals surface area (Å²) >= 11 is 1.55. The Balaban J connectivity index is 1.34. The van der Waals surface area contributed by atoms with Crippen LogP contribution in [0.2, 0.25) is 0 Å². The molecule has 0 spiro atoms. The molecule has 25 heavy (non-hydrogen) atoms. The van der Waals surface area contributed by atoms with Crippen molar-refractivity contribution in [2.75, 3.05) is 0 Å². The predicted molar refractivity (Wildman–Crippen MR) is 101 cm³/mol. The van der Waals surface area contributed by atoms with E-state index in [1.165, 1.54) is 38.5 Å². The number of fused-ring (bicyclic) bond motifs is 1. The molecule has 4 fully saturated rings. The minimum Gasteiger partial charge on any atom is -0.308 e. The lowest BCUT2D eigenvalue weighted by Crippen LogP contribution is -2.54. The maximum absolute atomic E-state index is 12.3. The van der Waals surface area contributed by atoms with Gasteiger partial charge in [-0.05, 0) is 75.5 Å². The van der Waals surface area contributed by atoms with Crippen LogP contribution in [0.1, 0.15) is 56.8 Å². The molecule has 1 N–H and O–H groups in total. The van der Waals surface area contributed by atoms with Gasteiger partial charge in [-0.15, -0.1) is 11.3 Å². The van der Waals surface area contributed by atoms with Crippen molar-refractivity contribution < 1.29 is 0 Å². The van der Waals surface area contributed by atoms with Crippen molar-refractivity contribution in [1.82, 2.24) is 14.7 Å². The van der Waals surface area contributed by atoms with Gasteiger partial charge in [-0.2, -0.15) is 0 Å². The lowest BCUT2D eigenvalue weighted by molar-refractivity contribution is -0.0707. The molecular formula is C20H27N3OS. The normalized spacial score (nSPS) is 34.7. The quantitative estimate of drug-likeness (QED) is 0.906. The summed E-state index contributed by atoms with van der Waals surface area (Å²) in [6, 6.07) is 2.21. The summed E-state index contributed by atoms with van der Waals surface area (Å²) in [5, 5.41) is 5.75. The smallest absolute Gasteiger partial charge is 0.259 e. The van der Waals surface area contributed by atoms with Gasteiger partial charge in [-0.1, -0.05) is 0 Å². The summed E-state index contributed by atoms with van der Waals surface area (Å²) in [5.74, 6) is 2.93. The summed E-state index contributed by atoms with van der Waals surface area (Å²) in [6.07, 6.45) is 8.68. The molecule has 0 amide bonds. The number of hydrogen-bond acceptors (Lipinski definition) is 4. The second kappa shape index (κ2) is 5.65. The highest BCUT2D eigenvalue weighted by Crippen LogP contribution is 2.61. The molecule has 2 aromatic heterocycles. The largest absolute Gasteiger partial charge is 0.308 e. The second-order valence-electron chi connectivity index (χ2n) is 8.96. The summed E-state index contributed by atoms with van der Waals surface area (Å²) in [6.45, 7) is 5.03. The molecule has 2 heterocycles. The van der Waals surface area contributed by atoms with Gasteiger partial charge >= 0.3 is 0 Å². The maximum Gasteiger partial charge on any atom is 0.259 e. The number of aromatic nitrogens is 2. The van der Waals surface area contributed by atoms with Crippen LogP contribution in [0.4, 0.5) is 0 Å². The Morgan fingerprint density at radius 3 is 2.56 bits per heavy atom. The molecule has 134 valence electrons. The van der Waals surface area contributed by atoms with Gasteiger partial charge in [0.05, 0.1) is 5.69 Å². The highest BCUT2D eigenvalue weighted by molar-refractivity contribution is 7.15. The summed E-state index contributed by atoms with van der Waals surface area (Å²) in [7, 11) is 0. The van der Waals surface area contributed by atoms with E-state index in [0.29, 0.717) is 18.0 Å². The predicted octanol–water partition coefficient (Wildman–Crippen LogP) is 3.76. The molecule has 1 unspecified atom stereocenters. The number of rotatable bonds is 4. The van der Waals surface area contributed by atoms with Crippen LogP contribution in [0, 0.1) is 30.1 Å². The Kier molecular flexibility index (Phi) is 3.62. The van der Waals surface area contributed by atoms with Gasteiger partial charge in [-0.25, -0.2) is 4.98 Å². The lowest BCUT2D eigenvalue weighted by Gasteiger charge is -2.59. The molecule has 0 radical (unpaired) electrons. The number of aryl methyl sites for hydroxylation is 1. The summed E-state index contributed by atoms with van der Waals surface area (Å²) in [4.78, 5) is 17.9. The molecule has 4 aliphatic carbocycles. The van der Waals surface area contributed by atoms with E-state index < -0.39 is 0 Å². The van der Waals surface area contributed by atoms with Gasteiger partial charge in [0, 0.05) is 29.7 Å². The molecule has 6 rings (SSSR count). The molecule has 2 aromatic rings. The van der Waals surface area contributed by atoms with Gasteiger partial charge in [0.25, 0.3) is 5.56 Å². The molecule has 1 atom stereocenters. The second-order valence-corrected chi connectivity index (χ2v) is 9.80. The van der Waals surface area contributed by atoms with Crippen LogP contribution in [0.3, 0.4) is 0 Å². The maximum atomic E-state index is 12.3. The van der Waals surface area contributed by atoms with E-state index >= 15 is 0 Å². The van der Waals surface area contributed by atoms with Gasteiger partial charge in [0.1, 0.15) is 0 Å². The van der Waals surface area contributed by atoms with Crippen molar-refractivity contribution >= 4 is 16.3 Å². The van der Waals surface area contributed by atoms with Gasteiger partial charge in [0.15, 0.2) is 4.96 Å². The first kappa shape index (κ1) is 16.0. The van der Waals surface area contributed by atoms with Crippen molar-refractivity contribution in [3.63, 3.8) is 0 Å². The van der Waals surface area contributed by atoms with Gasteiger partial charge in [-0.3, -0.25) is 9.20 Å². The average Bonchev–Trinajstić information content (AvgIpc) is 2.93. The van der Waals surface area contributed by atoms with Crippen molar-refractivity contribution in [3.8, 4) is 0 Å². The van der Waals surface area contributed by atoms with Crippen molar-refractivity contribution in [2.45, 2.75) is 65.0 Å². The fraction of sp³-hybridized carbons (Fsp3) is 0.700. The fourth-order valence-corrected chi connectivity index (χ4v) is 7.26. The molecular weight excluding hydrogens is 330 g/mol. The van der Waals surface area contributed by atoms with Gasteiger partial charge in [0.2, 0.25) is 0 Å². The molecule has 4 saturated carbocycles. The molecule has 0 saturated heterocycles. The third-order valence-corrected chi connectivity index (χ3v) is 8.17. The highest BCUT2D eigenvalue weighted by atomic mass is 32.1. The van der Waals surface area contributed by atoms with Gasteiger partial charge < -0.3 is 5.32 Å². The van der Waals surface area contributed by atoms with E-state index in [-0.39, 0.29) is 5.56 Å². The van der Waals surface area contributed by atoms with E-state index in [1.807, 2.05) is 12.3 Å². The minimum absolute atomic E-state index is 0.0445. The highest BCUT2D eigenvalue weighted by Gasteiger charge is 2.52. The number of thiazole rings is 1. The SMILES string of the molecule is Cc1csc2nc(CNC(C)C34CC5CC(CC(C5)C3)C4)cc(=O)n12. The van der Waals surface area contributed by atoms with Crippen molar-refractivity contribution in [2.24, 2.45) is 23.2 Å². The topological polar surface area (TPSA) is 46.4 Å². The third kappa shape index (κ3) is 2.58. The minimum atomic E-state index is 0.0445. The molecule has 5 heteroatoms. The van der Waals surface area contributed by atoms with E-state index in [4.69, 9.17) is 4.98 Å². The van der Waals surface area contributed by atoms with E-state index in [9.17, 15) is 4.79 Å². The monoisotopic (exact) mass is 357 g/mol. The zero-order valence-electron chi connectivity index (χ0n) is 15.1. The first-order chi connectivity index (χ1) is 12.0. The van der Waals surface area contributed by atoms with Crippen LogP contribution in [-0.4, -0.2) is 15.4 Å². The molecule has 4 aliphatic rings. The Morgan fingerprint density at radius 1 is 1.28 bits per heavy atom. The van der Waals surface area contributed by atoms with Crippen LogP contribution in [-0.2, 0) is 6.54 Å². The van der Waals surface area contributed by atoms with E-state index in [2.05, 4.69) is 12.2 Å². The summed E-state index contributed by atoms with van der Waals surface area (Å²) < 4.78 is 1.71. The van der Waals surface area contributed by atoms with Crippen LogP contribution in [0.15, 0.2) is 16.2 Å². The Bertz CT molecular complexity index is 832. The number of nitrogens with one attached hydrogen (secondary N) is 1. The Labute approximate surface area is 152 Å². The van der Waals surface area contributed by atoms with Crippen LogP contribution in [0.25, 0.3) is 4.96 Å². The zero-order chi connectivity index (χ0) is 17.2. The van der Waals surface area contributed by atoms with Crippen molar-refractivity contribution in [1.29, 1.82) is 0 Å². The Hall–Kier alpha value is -1.20. The third-order valence-electron chi connectivity index (χ3n) is 7.22. The molecule has 0 aromatic carbocycles. The lowest BCUT2D eigenvalue weighted by atomic mass is 9.48. The van der Waals surface area contributed by atoms with Crippen LogP contribution >= 0.6 is 11.3 Å². The van der Waals surface area contributed by atoms with Crippen LogP contribution < -0.4 is 10.9 Å². The molecule has 0 aliphatic heterocycles. The van der Waals surface area contributed by atoms with Crippen molar-refractivity contribution in [3.05, 3.63) is 33.2 Å². The fourth-order valence-electron chi connectivity index (χ4n) is 6.37. The molecule has 4 nitrogen and oxygen atoms in total. The Morgan fingerprint density at radius 2 is 1.92 bits per heavy atom. The van der Waals surface area contributed by atoms with Crippen LogP contribution in [0.5, 0.6) is 0 Å². The first-order valence-corrected chi connectivity index (χ1v) is 10.6. The zero-order valence-corrected chi connectivity index (χ0v) is 15.9. The standard InChI is InChI=1S/C20H27N3OS/c1-12-11-25-19-22-17(6-18(24)23(12)19)10-21-13(2)20-7-14-3-15(8-20)5-16(4-14)9-20/h6,11,13-16,21H,3-5,7-10H2,1-2H3. The molecule has 4 bridgehead atoms. The number of nitrogens with zero attached hydrogens (tertiary/aromatic N) is 2. The summed E-state index contributed by atoms with van der Waals surface area (Å²) in [5.41, 5.74) is 2.39. The average molecular weight is 358 g/mol. The van der Waals surface area contributed by atoms with E-state index in [0.717, 1.165) is 34.1 Å². The van der Waals surface area contributed by atoms with E-state index in [1.54, 1.807) is 21.8 Å². The first-order valence-electron chi connectivity index (χ1n) is 9.72. The number of hydrogen-bond donors (Lipinski definition) is 1.